The van der Waals surface area contributed by atoms with Crippen molar-refractivity contribution in [2.75, 3.05) is 0 Å². The van der Waals surface area contributed by atoms with Gasteiger partial charge in [-0.1, -0.05) is 43.7 Å². The first-order valence-electron chi connectivity index (χ1n) is 7.45. The van der Waals surface area contributed by atoms with Crippen LogP contribution in [-0.4, -0.2) is 10.9 Å². The Kier molecular flexibility index (Phi) is 5.93. The fourth-order valence-corrected chi connectivity index (χ4v) is 3.15. The Hall–Kier alpha value is -1.68. The number of carbonyl (C=O) groups excluding carboxylic acids is 1. The number of nitrogens with zero attached hydrogens (tertiary/aromatic N) is 1. The van der Waals surface area contributed by atoms with Crippen LogP contribution in [0.15, 0.2) is 30.3 Å². The Morgan fingerprint density at radius 1 is 1.29 bits per heavy atom. The zero-order chi connectivity index (χ0) is 15.1. The Morgan fingerprint density at radius 2 is 2.05 bits per heavy atom. The number of carbonyl (C=O) groups is 1. The second kappa shape index (κ2) is 7.93. The summed E-state index contributed by atoms with van der Waals surface area (Å²) in [6.07, 6.45) is 3.51. The Morgan fingerprint density at radius 3 is 2.76 bits per heavy atom. The molecule has 0 atom stereocenters. The van der Waals surface area contributed by atoms with Crippen LogP contribution in [0.25, 0.3) is 0 Å². The summed E-state index contributed by atoms with van der Waals surface area (Å²) in [4.78, 5) is 17.5. The molecule has 3 nitrogen and oxygen atoms in total. The number of thiazole rings is 1. The van der Waals surface area contributed by atoms with E-state index in [4.69, 9.17) is 0 Å². The van der Waals surface area contributed by atoms with Crippen molar-refractivity contribution in [3.63, 3.8) is 0 Å². The van der Waals surface area contributed by atoms with Gasteiger partial charge in [0.05, 0.1) is 12.2 Å². The lowest BCUT2D eigenvalue weighted by atomic mass is 10.1. The number of amides is 1. The van der Waals surface area contributed by atoms with Gasteiger partial charge in [-0.2, -0.15) is 0 Å². The molecule has 4 heteroatoms. The molecule has 0 spiro atoms. The van der Waals surface area contributed by atoms with Gasteiger partial charge in [0, 0.05) is 17.7 Å². The number of aromatic nitrogens is 1. The van der Waals surface area contributed by atoms with Gasteiger partial charge < -0.3 is 5.32 Å². The van der Waals surface area contributed by atoms with Gasteiger partial charge in [0.1, 0.15) is 5.01 Å². The first-order valence-corrected chi connectivity index (χ1v) is 8.26. The summed E-state index contributed by atoms with van der Waals surface area (Å²) >= 11 is 1.69. The van der Waals surface area contributed by atoms with Crippen molar-refractivity contribution in [1.82, 2.24) is 10.3 Å². The maximum atomic E-state index is 11.6. The number of unbranched alkanes of at least 4 members (excludes halogenated alkanes) is 1. The van der Waals surface area contributed by atoms with Gasteiger partial charge in [-0.25, -0.2) is 4.98 Å². The molecule has 1 amide bonds. The molecule has 0 aliphatic heterocycles. The molecule has 1 aromatic heterocycles. The van der Waals surface area contributed by atoms with Crippen LogP contribution in [0, 0.1) is 6.92 Å². The van der Waals surface area contributed by atoms with Crippen LogP contribution in [-0.2, 0) is 17.8 Å². The standard InChI is InChI=1S/C17H22N2OS/c1-3-4-10-16(20)18-12-17-19-13(2)15(21-17)11-14-8-6-5-7-9-14/h5-9H,3-4,10-12H2,1-2H3,(H,18,20). The molecule has 0 unspecified atom stereocenters. The fraction of sp³-hybridized carbons (Fsp3) is 0.412. The smallest absolute Gasteiger partial charge is 0.220 e. The van der Waals surface area contributed by atoms with Crippen LogP contribution in [0.2, 0.25) is 0 Å². The van der Waals surface area contributed by atoms with E-state index in [-0.39, 0.29) is 5.91 Å². The minimum Gasteiger partial charge on any atom is -0.350 e. The van der Waals surface area contributed by atoms with Crippen molar-refractivity contribution in [3.05, 3.63) is 51.5 Å². The number of rotatable bonds is 7. The van der Waals surface area contributed by atoms with Crippen molar-refractivity contribution >= 4 is 17.2 Å². The highest BCUT2D eigenvalue weighted by Crippen LogP contribution is 2.21. The molecule has 2 rings (SSSR count). The SMILES string of the molecule is CCCCC(=O)NCc1nc(C)c(Cc2ccccc2)s1. The third kappa shape index (κ3) is 4.97. The van der Waals surface area contributed by atoms with Crippen LogP contribution < -0.4 is 5.32 Å². The monoisotopic (exact) mass is 302 g/mol. The van der Waals surface area contributed by atoms with Crippen molar-refractivity contribution in [2.24, 2.45) is 0 Å². The first kappa shape index (κ1) is 15.7. The van der Waals surface area contributed by atoms with Crippen molar-refractivity contribution < 1.29 is 4.79 Å². The van der Waals surface area contributed by atoms with Crippen LogP contribution in [0.3, 0.4) is 0 Å². The van der Waals surface area contributed by atoms with Crippen molar-refractivity contribution in [2.45, 2.75) is 46.1 Å². The minimum atomic E-state index is 0.120. The summed E-state index contributed by atoms with van der Waals surface area (Å²) in [7, 11) is 0. The number of benzene rings is 1. The molecule has 0 bridgehead atoms. The molecule has 0 aliphatic carbocycles. The normalized spacial score (nSPS) is 10.6. The van der Waals surface area contributed by atoms with Crippen molar-refractivity contribution in [3.8, 4) is 0 Å². The van der Waals surface area contributed by atoms with E-state index in [2.05, 4.69) is 41.5 Å². The minimum absolute atomic E-state index is 0.120. The Balaban J connectivity index is 1.91. The summed E-state index contributed by atoms with van der Waals surface area (Å²) in [5.41, 5.74) is 2.37. The molecule has 0 fully saturated rings. The van der Waals surface area contributed by atoms with Gasteiger partial charge >= 0.3 is 0 Å². The summed E-state index contributed by atoms with van der Waals surface area (Å²) in [5.74, 6) is 0.120. The van der Waals surface area contributed by atoms with Gasteiger partial charge in [0.2, 0.25) is 5.91 Å². The largest absolute Gasteiger partial charge is 0.350 e. The molecule has 21 heavy (non-hydrogen) atoms. The molecule has 1 aromatic carbocycles. The molecule has 2 aromatic rings. The third-order valence-electron chi connectivity index (χ3n) is 3.34. The molecule has 1 heterocycles. The third-order valence-corrected chi connectivity index (χ3v) is 4.50. The maximum Gasteiger partial charge on any atom is 0.220 e. The quantitative estimate of drug-likeness (QED) is 0.844. The predicted octanol–water partition coefficient (Wildman–Crippen LogP) is 3.85. The average molecular weight is 302 g/mol. The lowest BCUT2D eigenvalue weighted by Gasteiger charge is -2.01. The average Bonchev–Trinajstić information content (AvgIpc) is 2.84. The molecule has 0 aliphatic rings. The highest BCUT2D eigenvalue weighted by atomic mass is 32.1. The number of aryl methyl sites for hydroxylation is 1. The van der Waals surface area contributed by atoms with Gasteiger partial charge in [0.15, 0.2) is 0 Å². The summed E-state index contributed by atoms with van der Waals surface area (Å²) in [6, 6.07) is 10.4. The summed E-state index contributed by atoms with van der Waals surface area (Å²) < 4.78 is 0. The van der Waals surface area contributed by atoms with E-state index in [1.807, 2.05) is 13.0 Å². The van der Waals surface area contributed by atoms with E-state index in [1.54, 1.807) is 11.3 Å². The van der Waals surface area contributed by atoms with Crippen LogP contribution >= 0.6 is 11.3 Å². The number of hydrogen-bond acceptors (Lipinski definition) is 3. The topological polar surface area (TPSA) is 42.0 Å². The van der Waals surface area contributed by atoms with E-state index < -0.39 is 0 Å². The van der Waals surface area contributed by atoms with E-state index in [1.165, 1.54) is 10.4 Å². The molecule has 0 radical (unpaired) electrons. The highest BCUT2D eigenvalue weighted by molar-refractivity contribution is 7.11. The van der Waals surface area contributed by atoms with Crippen LogP contribution in [0.1, 0.15) is 47.3 Å². The predicted molar refractivity (Wildman–Crippen MR) is 87.5 cm³/mol. The summed E-state index contributed by atoms with van der Waals surface area (Å²) in [6.45, 7) is 4.67. The van der Waals surface area contributed by atoms with Gasteiger partial charge in [-0.05, 0) is 18.9 Å². The van der Waals surface area contributed by atoms with Crippen molar-refractivity contribution in [1.29, 1.82) is 0 Å². The molecule has 112 valence electrons. The number of hydrogen-bond donors (Lipinski definition) is 1. The van der Waals surface area contributed by atoms with Crippen LogP contribution in [0.4, 0.5) is 0 Å². The summed E-state index contributed by atoms with van der Waals surface area (Å²) in [5, 5.41) is 3.94. The van der Waals surface area contributed by atoms with E-state index in [0.717, 1.165) is 30.0 Å². The fourth-order valence-electron chi connectivity index (χ4n) is 2.11. The zero-order valence-electron chi connectivity index (χ0n) is 12.7. The van der Waals surface area contributed by atoms with E-state index in [9.17, 15) is 4.79 Å². The lowest BCUT2D eigenvalue weighted by molar-refractivity contribution is -0.121. The van der Waals surface area contributed by atoms with Gasteiger partial charge in [0.25, 0.3) is 0 Å². The zero-order valence-corrected chi connectivity index (χ0v) is 13.5. The van der Waals surface area contributed by atoms with E-state index in [0.29, 0.717) is 13.0 Å². The molecular formula is C17H22N2OS. The first-order chi connectivity index (χ1) is 10.2. The Bertz CT molecular complexity index is 578. The highest BCUT2D eigenvalue weighted by Gasteiger charge is 2.09. The number of nitrogens with one attached hydrogen (secondary N) is 1. The molecular weight excluding hydrogens is 280 g/mol. The lowest BCUT2D eigenvalue weighted by Crippen LogP contribution is -2.22. The van der Waals surface area contributed by atoms with Crippen LogP contribution in [0.5, 0.6) is 0 Å². The second-order valence-electron chi connectivity index (χ2n) is 5.16. The van der Waals surface area contributed by atoms with E-state index >= 15 is 0 Å². The van der Waals surface area contributed by atoms with Gasteiger partial charge in [-0.15, -0.1) is 11.3 Å². The maximum absolute atomic E-state index is 11.6. The Labute approximate surface area is 130 Å². The molecule has 1 N–H and O–H groups in total. The molecule has 0 saturated heterocycles. The second-order valence-corrected chi connectivity index (χ2v) is 6.33. The molecule has 0 saturated carbocycles. The van der Waals surface area contributed by atoms with Gasteiger partial charge in [-0.3, -0.25) is 4.79 Å².